The van der Waals surface area contributed by atoms with Crippen molar-refractivity contribution in [2.75, 3.05) is 12.0 Å². The van der Waals surface area contributed by atoms with Gasteiger partial charge in [0, 0.05) is 6.26 Å². The Morgan fingerprint density at radius 2 is 1.60 bits per heavy atom. The third kappa shape index (κ3) is 2.79. The largest absolute Gasteiger partial charge is 0.224 e. The zero-order chi connectivity index (χ0) is 11.7. The number of benzene rings is 1. The van der Waals surface area contributed by atoms with Gasteiger partial charge in [0.1, 0.15) is 0 Å². The van der Waals surface area contributed by atoms with Crippen molar-refractivity contribution < 1.29 is 16.8 Å². The van der Waals surface area contributed by atoms with Gasteiger partial charge in [0.15, 0.2) is 19.7 Å². The fourth-order valence-electron chi connectivity index (χ4n) is 1.06. The van der Waals surface area contributed by atoms with Crippen LogP contribution in [0.15, 0.2) is 34.1 Å². The highest BCUT2D eigenvalue weighted by molar-refractivity contribution is 7.92. The summed E-state index contributed by atoms with van der Waals surface area (Å²) >= 11 is 0. The molecule has 0 amide bonds. The molecule has 0 atom stereocenters. The van der Waals surface area contributed by atoms with Crippen LogP contribution in [0.4, 0.5) is 0 Å². The minimum Gasteiger partial charge on any atom is -0.224 e. The molecule has 4 nitrogen and oxygen atoms in total. The van der Waals surface area contributed by atoms with Gasteiger partial charge in [-0.2, -0.15) is 0 Å². The summed E-state index contributed by atoms with van der Waals surface area (Å²) in [5.74, 6) is -0.0415. The van der Waals surface area contributed by atoms with Gasteiger partial charge in [0.05, 0.1) is 15.5 Å². The van der Waals surface area contributed by atoms with Crippen LogP contribution in [-0.4, -0.2) is 28.8 Å². The maximum absolute atomic E-state index is 11.5. The van der Waals surface area contributed by atoms with E-state index in [9.17, 15) is 16.8 Å². The molecule has 0 radical (unpaired) electrons. The van der Waals surface area contributed by atoms with Crippen LogP contribution in [0, 0.1) is 0 Å². The van der Waals surface area contributed by atoms with Crippen LogP contribution in [0.1, 0.15) is 6.92 Å². The fourth-order valence-corrected chi connectivity index (χ4v) is 2.73. The van der Waals surface area contributed by atoms with Gasteiger partial charge < -0.3 is 0 Å². The van der Waals surface area contributed by atoms with Crippen LogP contribution in [-0.2, 0) is 19.7 Å². The molecule has 84 valence electrons. The van der Waals surface area contributed by atoms with E-state index in [0.29, 0.717) is 0 Å². The molecule has 0 bridgehead atoms. The van der Waals surface area contributed by atoms with Crippen LogP contribution in [0.3, 0.4) is 0 Å². The Bertz CT molecular complexity index is 556. The molecular formula is C9H12O4S2. The smallest absolute Gasteiger partial charge is 0.178 e. The summed E-state index contributed by atoms with van der Waals surface area (Å²) in [5.41, 5.74) is 0. The molecule has 0 N–H and O–H groups in total. The summed E-state index contributed by atoms with van der Waals surface area (Å²) in [6.07, 6.45) is 1.05. The highest BCUT2D eigenvalue weighted by Crippen LogP contribution is 2.16. The quantitative estimate of drug-likeness (QED) is 0.796. The Morgan fingerprint density at radius 3 is 2.07 bits per heavy atom. The van der Waals surface area contributed by atoms with Crippen LogP contribution in [0.2, 0.25) is 0 Å². The van der Waals surface area contributed by atoms with E-state index >= 15 is 0 Å². The second-order valence-corrected chi connectivity index (χ2v) is 7.44. The first-order valence-electron chi connectivity index (χ1n) is 4.30. The first-order valence-corrected chi connectivity index (χ1v) is 7.84. The molecule has 15 heavy (non-hydrogen) atoms. The molecule has 0 aromatic heterocycles. The summed E-state index contributed by atoms with van der Waals surface area (Å²) in [7, 11) is -6.70. The first-order chi connectivity index (χ1) is 6.77. The molecule has 0 fully saturated rings. The standard InChI is InChI=1S/C9H12O4S2/c1-3-15(12,13)9-6-4-5-8(7-9)14(2,10)11/h4-7H,3H2,1-2H3. The van der Waals surface area contributed by atoms with E-state index in [1.54, 1.807) is 0 Å². The first kappa shape index (κ1) is 12.2. The van der Waals surface area contributed by atoms with Gasteiger partial charge in [-0.15, -0.1) is 0 Å². The van der Waals surface area contributed by atoms with Gasteiger partial charge in [-0.25, -0.2) is 16.8 Å². The van der Waals surface area contributed by atoms with Crippen molar-refractivity contribution in [3.05, 3.63) is 24.3 Å². The maximum Gasteiger partial charge on any atom is 0.178 e. The van der Waals surface area contributed by atoms with Gasteiger partial charge in [-0.3, -0.25) is 0 Å². The summed E-state index contributed by atoms with van der Waals surface area (Å²) in [6, 6.07) is 5.39. The maximum atomic E-state index is 11.5. The molecule has 0 spiro atoms. The van der Waals surface area contributed by atoms with Gasteiger partial charge in [-0.1, -0.05) is 13.0 Å². The van der Waals surface area contributed by atoms with Crippen molar-refractivity contribution in [1.29, 1.82) is 0 Å². The number of rotatable bonds is 3. The predicted molar refractivity (Wildman–Crippen MR) is 57.3 cm³/mol. The summed E-state index contributed by atoms with van der Waals surface area (Å²) in [6.45, 7) is 1.52. The molecule has 0 aliphatic heterocycles. The van der Waals surface area contributed by atoms with Crippen molar-refractivity contribution >= 4 is 19.7 Å². The molecule has 0 saturated carbocycles. The Labute approximate surface area is 89.8 Å². The minimum atomic E-state index is -3.36. The number of hydrogen-bond acceptors (Lipinski definition) is 4. The molecule has 0 heterocycles. The highest BCUT2D eigenvalue weighted by atomic mass is 32.2. The van der Waals surface area contributed by atoms with Gasteiger partial charge in [0.2, 0.25) is 0 Å². The summed E-state index contributed by atoms with van der Waals surface area (Å²) in [4.78, 5) is 0.0740. The molecule has 0 saturated heterocycles. The van der Waals surface area contributed by atoms with E-state index < -0.39 is 19.7 Å². The van der Waals surface area contributed by atoms with Crippen molar-refractivity contribution in [1.82, 2.24) is 0 Å². The lowest BCUT2D eigenvalue weighted by Crippen LogP contribution is -2.05. The van der Waals surface area contributed by atoms with E-state index in [4.69, 9.17) is 0 Å². The van der Waals surface area contributed by atoms with Crippen molar-refractivity contribution in [3.63, 3.8) is 0 Å². The predicted octanol–water partition coefficient (Wildman–Crippen LogP) is 0.884. The zero-order valence-electron chi connectivity index (χ0n) is 8.47. The van der Waals surface area contributed by atoms with Crippen LogP contribution >= 0.6 is 0 Å². The van der Waals surface area contributed by atoms with E-state index in [1.165, 1.54) is 31.2 Å². The monoisotopic (exact) mass is 248 g/mol. The van der Waals surface area contributed by atoms with Crippen LogP contribution in [0.25, 0.3) is 0 Å². The second kappa shape index (κ2) is 3.94. The van der Waals surface area contributed by atoms with E-state index in [2.05, 4.69) is 0 Å². The number of hydrogen-bond donors (Lipinski definition) is 0. The average Bonchev–Trinajstić information content (AvgIpc) is 2.17. The molecule has 0 unspecified atom stereocenters. The fraction of sp³-hybridized carbons (Fsp3) is 0.333. The molecule has 1 aromatic carbocycles. The SMILES string of the molecule is CCS(=O)(=O)c1cccc(S(C)(=O)=O)c1. The summed E-state index contributed by atoms with van der Waals surface area (Å²) in [5, 5.41) is 0. The molecule has 1 rings (SSSR count). The second-order valence-electron chi connectivity index (χ2n) is 3.15. The molecule has 0 aliphatic rings. The summed E-state index contributed by atoms with van der Waals surface area (Å²) < 4.78 is 45.4. The van der Waals surface area contributed by atoms with Gasteiger partial charge in [0.25, 0.3) is 0 Å². The highest BCUT2D eigenvalue weighted by Gasteiger charge is 2.14. The van der Waals surface area contributed by atoms with E-state index in [1.807, 2.05) is 0 Å². The zero-order valence-corrected chi connectivity index (χ0v) is 10.1. The lowest BCUT2D eigenvalue weighted by atomic mass is 10.4. The van der Waals surface area contributed by atoms with Gasteiger partial charge in [-0.05, 0) is 18.2 Å². The Morgan fingerprint density at radius 1 is 1.07 bits per heavy atom. The third-order valence-corrected chi connectivity index (χ3v) is 4.82. The molecule has 0 aliphatic carbocycles. The van der Waals surface area contributed by atoms with Crippen molar-refractivity contribution in [2.24, 2.45) is 0 Å². The Kier molecular flexibility index (Phi) is 3.20. The Hall–Kier alpha value is -0.880. The topological polar surface area (TPSA) is 68.3 Å². The van der Waals surface area contributed by atoms with Gasteiger partial charge >= 0.3 is 0 Å². The lowest BCUT2D eigenvalue weighted by molar-refractivity contribution is 0.596. The van der Waals surface area contributed by atoms with Crippen molar-refractivity contribution in [3.8, 4) is 0 Å². The van der Waals surface area contributed by atoms with Crippen LogP contribution < -0.4 is 0 Å². The average molecular weight is 248 g/mol. The van der Waals surface area contributed by atoms with Crippen LogP contribution in [0.5, 0.6) is 0 Å². The van der Waals surface area contributed by atoms with E-state index in [0.717, 1.165) is 6.26 Å². The molecule has 6 heteroatoms. The normalized spacial score (nSPS) is 12.7. The molecular weight excluding hydrogens is 236 g/mol. The third-order valence-electron chi connectivity index (χ3n) is 1.97. The Balaban J connectivity index is 3.39. The lowest BCUT2D eigenvalue weighted by Gasteiger charge is -2.03. The minimum absolute atomic E-state index is 0.0250. The molecule has 1 aromatic rings. The van der Waals surface area contributed by atoms with E-state index in [-0.39, 0.29) is 15.5 Å². The van der Waals surface area contributed by atoms with Crippen molar-refractivity contribution in [2.45, 2.75) is 16.7 Å². The number of sulfone groups is 2.